The molecular formula is C27H24N4O4S. The quantitative estimate of drug-likeness (QED) is 0.362. The lowest BCUT2D eigenvalue weighted by molar-refractivity contribution is 0.0981. The molecule has 0 aliphatic rings. The molecule has 0 bridgehead atoms. The van der Waals surface area contributed by atoms with Gasteiger partial charge in [0.1, 0.15) is 11.4 Å². The SMILES string of the molecule is Cc1noc(C)c1-c1cnc2c(c1)c(-c1cccc(C(=O)NS(C)(=O)=O)c1)cn2Cc1ccccc1. The number of nitrogens with zero attached hydrogens (tertiary/aromatic N) is 3. The van der Waals surface area contributed by atoms with E-state index in [1.807, 2.05) is 55.2 Å². The van der Waals surface area contributed by atoms with Crippen molar-refractivity contribution in [2.45, 2.75) is 20.4 Å². The summed E-state index contributed by atoms with van der Waals surface area (Å²) in [5.74, 6) is 0.0280. The molecule has 8 nitrogen and oxygen atoms in total. The van der Waals surface area contributed by atoms with E-state index in [9.17, 15) is 13.2 Å². The first-order valence-electron chi connectivity index (χ1n) is 11.3. The number of sulfonamides is 1. The van der Waals surface area contributed by atoms with E-state index in [4.69, 9.17) is 9.51 Å². The van der Waals surface area contributed by atoms with Crippen LogP contribution in [0.5, 0.6) is 0 Å². The van der Waals surface area contributed by atoms with Crippen LogP contribution in [0.25, 0.3) is 33.3 Å². The van der Waals surface area contributed by atoms with E-state index in [1.54, 1.807) is 18.2 Å². The van der Waals surface area contributed by atoms with Crippen LogP contribution in [0.3, 0.4) is 0 Å². The molecule has 1 amide bonds. The highest BCUT2D eigenvalue weighted by Gasteiger charge is 2.18. The Kier molecular flexibility index (Phi) is 5.93. The molecule has 0 saturated carbocycles. The summed E-state index contributed by atoms with van der Waals surface area (Å²) in [6.07, 6.45) is 4.78. The molecule has 1 N–H and O–H groups in total. The Morgan fingerprint density at radius 3 is 2.50 bits per heavy atom. The average molecular weight is 501 g/mol. The second kappa shape index (κ2) is 9.09. The van der Waals surface area contributed by atoms with Gasteiger partial charge < -0.3 is 9.09 Å². The van der Waals surface area contributed by atoms with Crippen molar-refractivity contribution in [1.29, 1.82) is 0 Å². The number of hydrogen-bond donors (Lipinski definition) is 1. The predicted molar refractivity (Wildman–Crippen MR) is 138 cm³/mol. The first-order chi connectivity index (χ1) is 17.2. The standard InChI is InChI=1S/C27H24N4O4S/c1-17-25(18(2)35-29-17)22-13-23-24(20-10-7-11-21(12-20)27(32)30-36(3,33)34)16-31(26(23)28-14-22)15-19-8-5-4-6-9-19/h4-14,16H,15H2,1-3H3,(H,30,32). The molecule has 36 heavy (non-hydrogen) atoms. The Morgan fingerprint density at radius 1 is 1.03 bits per heavy atom. The van der Waals surface area contributed by atoms with Gasteiger partial charge in [-0.25, -0.2) is 18.1 Å². The van der Waals surface area contributed by atoms with Gasteiger partial charge in [0.15, 0.2) is 0 Å². The maximum atomic E-state index is 12.5. The fourth-order valence-corrected chi connectivity index (χ4v) is 4.84. The molecule has 9 heteroatoms. The minimum absolute atomic E-state index is 0.247. The molecule has 5 rings (SSSR count). The minimum atomic E-state index is -3.68. The van der Waals surface area contributed by atoms with E-state index in [-0.39, 0.29) is 5.56 Å². The van der Waals surface area contributed by atoms with E-state index >= 15 is 0 Å². The lowest BCUT2D eigenvalue weighted by Crippen LogP contribution is -2.29. The largest absolute Gasteiger partial charge is 0.361 e. The van der Waals surface area contributed by atoms with Gasteiger partial charge in [-0.3, -0.25) is 4.79 Å². The molecule has 0 aliphatic heterocycles. The fraction of sp³-hybridized carbons (Fsp3) is 0.148. The zero-order chi connectivity index (χ0) is 25.4. The van der Waals surface area contributed by atoms with Gasteiger partial charge in [0.25, 0.3) is 5.91 Å². The lowest BCUT2D eigenvalue weighted by Gasteiger charge is -2.06. The predicted octanol–water partition coefficient (Wildman–Crippen LogP) is 4.71. The Hall–Kier alpha value is -4.24. The highest BCUT2D eigenvalue weighted by molar-refractivity contribution is 7.89. The third kappa shape index (κ3) is 4.65. The Labute approximate surface area is 208 Å². The molecule has 0 aliphatic carbocycles. The summed E-state index contributed by atoms with van der Waals surface area (Å²) in [5.41, 5.74) is 6.35. The fourth-order valence-electron chi connectivity index (χ4n) is 4.39. The first-order valence-corrected chi connectivity index (χ1v) is 13.2. The zero-order valence-corrected chi connectivity index (χ0v) is 20.8. The van der Waals surface area contributed by atoms with Crippen molar-refractivity contribution in [1.82, 2.24) is 19.4 Å². The van der Waals surface area contributed by atoms with Crippen molar-refractivity contribution in [3.8, 4) is 22.3 Å². The van der Waals surface area contributed by atoms with Crippen molar-refractivity contribution in [3.05, 3.63) is 95.6 Å². The van der Waals surface area contributed by atoms with Gasteiger partial charge in [-0.1, -0.05) is 47.6 Å². The van der Waals surface area contributed by atoms with Gasteiger partial charge in [-0.05, 0) is 43.2 Å². The number of amides is 1. The number of pyridine rings is 1. The number of aromatic nitrogens is 3. The number of rotatable bonds is 6. The normalized spacial score (nSPS) is 11.6. The van der Waals surface area contributed by atoms with Gasteiger partial charge in [0.05, 0.1) is 11.9 Å². The molecular weight excluding hydrogens is 476 g/mol. The van der Waals surface area contributed by atoms with Gasteiger partial charge >= 0.3 is 0 Å². The van der Waals surface area contributed by atoms with Gasteiger partial charge in [0, 0.05) is 46.6 Å². The van der Waals surface area contributed by atoms with Crippen LogP contribution < -0.4 is 4.72 Å². The van der Waals surface area contributed by atoms with E-state index in [1.165, 1.54) is 0 Å². The molecule has 0 spiro atoms. The van der Waals surface area contributed by atoms with Crippen LogP contribution in [0, 0.1) is 13.8 Å². The number of carbonyl (C=O) groups excluding carboxylic acids is 1. The van der Waals surface area contributed by atoms with Crippen molar-refractivity contribution in [2.24, 2.45) is 0 Å². The molecule has 3 aromatic heterocycles. The van der Waals surface area contributed by atoms with Crippen molar-refractivity contribution >= 4 is 27.0 Å². The molecule has 182 valence electrons. The molecule has 3 heterocycles. The zero-order valence-electron chi connectivity index (χ0n) is 20.0. The molecule has 2 aromatic carbocycles. The molecule has 0 fully saturated rings. The highest BCUT2D eigenvalue weighted by Crippen LogP contribution is 2.35. The van der Waals surface area contributed by atoms with E-state index in [2.05, 4.69) is 27.9 Å². The Balaban J connectivity index is 1.67. The molecule has 0 atom stereocenters. The van der Waals surface area contributed by atoms with Gasteiger partial charge in [-0.2, -0.15) is 0 Å². The van der Waals surface area contributed by atoms with Crippen LogP contribution in [-0.4, -0.2) is 35.3 Å². The second-order valence-corrected chi connectivity index (χ2v) is 10.5. The third-order valence-corrected chi connectivity index (χ3v) is 6.50. The summed E-state index contributed by atoms with van der Waals surface area (Å²) in [6.45, 7) is 4.37. The van der Waals surface area contributed by atoms with Crippen LogP contribution in [0.2, 0.25) is 0 Å². The molecule has 5 aromatic rings. The average Bonchev–Trinajstić information content (AvgIpc) is 3.37. The number of aryl methyl sites for hydroxylation is 2. The van der Waals surface area contributed by atoms with Gasteiger partial charge in [-0.15, -0.1) is 0 Å². The first kappa shape index (κ1) is 23.5. The van der Waals surface area contributed by atoms with Crippen molar-refractivity contribution in [3.63, 3.8) is 0 Å². The van der Waals surface area contributed by atoms with Crippen LogP contribution in [-0.2, 0) is 16.6 Å². The number of fused-ring (bicyclic) bond motifs is 1. The third-order valence-electron chi connectivity index (χ3n) is 5.95. The van der Waals surface area contributed by atoms with Crippen molar-refractivity contribution in [2.75, 3.05) is 6.26 Å². The molecule has 0 radical (unpaired) electrons. The lowest BCUT2D eigenvalue weighted by atomic mass is 10.0. The maximum absolute atomic E-state index is 12.5. The summed E-state index contributed by atoms with van der Waals surface area (Å²) >= 11 is 0. The Morgan fingerprint density at radius 2 is 1.81 bits per heavy atom. The van der Waals surface area contributed by atoms with Gasteiger partial charge in [0.2, 0.25) is 10.0 Å². The number of hydrogen-bond acceptors (Lipinski definition) is 6. The Bertz CT molecular complexity index is 1680. The van der Waals surface area contributed by atoms with E-state index in [0.717, 1.165) is 50.8 Å². The van der Waals surface area contributed by atoms with Crippen LogP contribution in [0.1, 0.15) is 27.4 Å². The van der Waals surface area contributed by atoms with Crippen LogP contribution in [0.4, 0.5) is 0 Å². The number of carbonyl (C=O) groups is 1. The molecule has 0 unspecified atom stereocenters. The second-order valence-electron chi connectivity index (χ2n) is 8.73. The van der Waals surface area contributed by atoms with E-state index in [0.29, 0.717) is 12.3 Å². The summed E-state index contributed by atoms with van der Waals surface area (Å²) in [7, 11) is -3.68. The van der Waals surface area contributed by atoms with Crippen LogP contribution in [0.15, 0.2) is 77.6 Å². The maximum Gasteiger partial charge on any atom is 0.264 e. The number of benzene rings is 2. The van der Waals surface area contributed by atoms with Crippen molar-refractivity contribution < 1.29 is 17.7 Å². The van der Waals surface area contributed by atoms with E-state index < -0.39 is 15.9 Å². The summed E-state index contributed by atoms with van der Waals surface area (Å²) in [4.78, 5) is 17.3. The monoisotopic (exact) mass is 500 g/mol. The smallest absolute Gasteiger partial charge is 0.264 e. The topological polar surface area (TPSA) is 107 Å². The number of nitrogens with one attached hydrogen (secondary N) is 1. The highest BCUT2D eigenvalue weighted by atomic mass is 32.2. The summed E-state index contributed by atoms with van der Waals surface area (Å²) < 4.78 is 32.6. The minimum Gasteiger partial charge on any atom is -0.361 e. The summed E-state index contributed by atoms with van der Waals surface area (Å²) in [5, 5.41) is 4.97. The van der Waals surface area contributed by atoms with Crippen LogP contribution >= 0.6 is 0 Å². The molecule has 0 saturated heterocycles. The summed E-state index contributed by atoms with van der Waals surface area (Å²) in [6, 6.07) is 19.0.